The number of hydrogen-bond acceptors (Lipinski definition) is 4. The van der Waals surface area contributed by atoms with Gasteiger partial charge in [0.15, 0.2) is 0 Å². The molecule has 0 saturated heterocycles. The van der Waals surface area contributed by atoms with Crippen LogP contribution in [-0.4, -0.2) is 37.8 Å². The van der Waals surface area contributed by atoms with Crippen molar-refractivity contribution in [3.63, 3.8) is 0 Å². The molecule has 1 N–H and O–H groups in total. The molecule has 1 aromatic heterocycles. The number of pyridine rings is 1. The van der Waals surface area contributed by atoms with Crippen LogP contribution in [0, 0.1) is 5.92 Å². The van der Waals surface area contributed by atoms with Crippen LogP contribution in [0.5, 0.6) is 0 Å². The predicted molar refractivity (Wildman–Crippen MR) is 83.0 cm³/mol. The van der Waals surface area contributed by atoms with Gasteiger partial charge in [-0.15, -0.1) is 0 Å². The number of ether oxygens (including phenoxy) is 1. The summed E-state index contributed by atoms with van der Waals surface area (Å²) in [4.78, 5) is 7.05. The second-order valence-electron chi connectivity index (χ2n) is 5.88. The van der Waals surface area contributed by atoms with E-state index in [0.29, 0.717) is 6.04 Å². The highest BCUT2D eigenvalue weighted by atomic mass is 16.5. The van der Waals surface area contributed by atoms with Crippen LogP contribution >= 0.6 is 0 Å². The summed E-state index contributed by atoms with van der Waals surface area (Å²) in [6.45, 7) is 8.09. The topological polar surface area (TPSA) is 37.4 Å². The zero-order valence-corrected chi connectivity index (χ0v) is 12.9. The third kappa shape index (κ3) is 4.76. The lowest BCUT2D eigenvalue weighted by Gasteiger charge is -2.28. The van der Waals surface area contributed by atoms with Crippen molar-refractivity contribution in [2.45, 2.75) is 39.3 Å². The molecule has 0 atom stereocenters. The fourth-order valence-electron chi connectivity index (χ4n) is 2.25. The van der Waals surface area contributed by atoms with E-state index < -0.39 is 0 Å². The van der Waals surface area contributed by atoms with Gasteiger partial charge in [0.2, 0.25) is 0 Å². The highest BCUT2D eigenvalue weighted by Crippen LogP contribution is 2.31. The summed E-state index contributed by atoms with van der Waals surface area (Å²) in [7, 11) is 1.72. The maximum absolute atomic E-state index is 5.01. The molecule has 20 heavy (non-hydrogen) atoms. The largest absolute Gasteiger partial charge is 0.383 e. The summed E-state index contributed by atoms with van der Waals surface area (Å²) in [6.07, 6.45) is 4.74. The molecular formula is C16H27N3O. The first-order chi connectivity index (χ1) is 9.70. The predicted octanol–water partition coefficient (Wildman–Crippen LogP) is 2.44. The highest BCUT2D eigenvalue weighted by molar-refractivity contribution is 5.40. The number of nitrogens with zero attached hydrogens (tertiary/aromatic N) is 2. The summed E-state index contributed by atoms with van der Waals surface area (Å²) in [5.74, 6) is 1.99. The van der Waals surface area contributed by atoms with Gasteiger partial charge in [-0.1, -0.05) is 6.07 Å². The van der Waals surface area contributed by atoms with Gasteiger partial charge in [-0.25, -0.2) is 4.98 Å². The maximum atomic E-state index is 5.01. The minimum Gasteiger partial charge on any atom is -0.383 e. The average molecular weight is 277 g/mol. The van der Waals surface area contributed by atoms with E-state index in [1.165, 1.54) is 18.4 Å². The van der Waals surface area contributed by atoms with E-state index in [0.717, 1.165) is 38.0 Å². The van der Waals surface area contributed by atoms with E-state index in [4.69, 9.17) is 4.74 Å². The Morgan fingerprint density at radius 1 is 1.40 bits per heavy atom. The minimum atomic E-state index is 0.508. The average Bonchev–Trinajstić information content (AvgIpc) is 3.26. The van der Waals surface area contributed by atoms with Gasteiger partial charge in [0.25, 0.3) is 0 Å². The number of rotatable bonds is 9. The lowest BCUT2D eigenvalue weighted by molar-refractivity contribution is 0.199. The molecule has 4 nitrogen and oxygen atoms in total. The molecule has 2 rings (SSSR count). The fraction of sp³-hybridized carbons (Fsp3) is 0.688. The summed E-state index contributed by atoms with van der Waals surface area (Å²) < 4.78 is 5.01. The molecule has 0 amide bonds. The molecular weight excluding hydrogens is 250 g/mol. The van der Waals surface area contributed by atoms with Crippen molar-refractivity contribution in [3.8, 4) is 0 Å². The summed E-state index contributed by atoms with van der Waals surface area (Å²) in [5, 5.41) is 3.34. The normalized spacial score (nSPS) is 14.8. The van der Waals surface area contributed by atoms with Crippen molar-refractivity contribution in [2.75, 3.05) is 31.7 Å². The lowest BCUT2D eigenvalue weighted by Crippen LogP contribution is -2.33. The minimum absolute atomic E-state index is 0.508. The monoisotopic (exact) mass is 277 g/mol. The summed E-state index contributed by atoms with van der Waals surface area (Å²) in [5.41, 5.74) is 1.22. The third-order valence-corrected chi connectivity index (χ3v) is 3.69. The van der Waals surface area contributed by atoms with Gasteiger partial charge < -0.3 is 15.0 Å². The van der Waals surface area contributed by atoms with Crippen molar-refractivity contribution in [3.05, 3.63) is 23.9 Å². The molecule has 0 unspecified atom stereocenters. The zero-order valence-electron chi connectivity index (χ0n) is 12.9. The number of nitrogens with one attached hydrogen (secondary N) is 1. The Morgan fingerprint density at radius 2 is 2.20 bits per heavy atom. The Kier molecular flexibility index (Phi) is 5.80. The van der Waals surface area contributed by atoms with Crippen molar-refractivity contribution in [1.82, 2.24) is 10.3 Å². The van der Waals surface area contributed by atoms with E-state index >= 15 is 0 Å². The molecule has 1 aliphatic rings. The van der Waals surface area contributed by atoms with Gasteiger partial charge >= 0.3 is 0 Å². The smallest absolute Gasteiger partial charge is 0.128 e. The molecule has 4 heteroatoms. The van der Waals surface area contributed by atoms with E-state index in [1.54, 1.807) is 7.11 Å². The van der Waals surface area contributed by atoms with Crippen LogP contribution in [0.3, 0.4) is 0 Å². The number of anilines is 1. The van der Waals surface area contributed by atoms with Crippen LogP contribution < -0.4 is 10.2 Å². The fourth-order valence-corrected chi connectivity index (χ4v) is 2.25. The van der Waals surface area contributed by atoms with Crippen molar-refractivity contribution >= 4 is 5.82 Å². The Morgan fingerprint density at radius 3 is 2.75 bits per heavy atom. The molecule has 0 aliphatic heterocycles. The number of aromatic nitrogens is 1. The van der Waals surface area contributed by atoms with Crippen LogP contribution in [0.2, 0.25) is 0 Å². The second-order valence-corrected chi connectivity index (χ2v) is 5.88. The van der Waals surface area contributed by atoms with E-state index in [1.807, 2.05) is 6.20 Å². The standard InChI is InChI=1S/C16H27N3O/c1-13(2)19(12-14-4-5-14)16-7-6-15(11-18-16)10-17-8-9-20-3/h6-7,11,13-14,17H,4-5,8-10,12H2,1-3H3. The first-order valence-corrected chi connectivity index (χ1v) is 7.62. The maximum Gasteiger partial charge on any atom is 0.128 e. The Balaban J connectivity index is 1.88. The second kappa shape index (κ2) is 7.60. The molecule has 0 aromatic carbocycles. The van der Waals surface area contributed by atoms with E-state index in [-0.39, 0.29) is 0 Å². The molecule has 0 bridgehead atoms. The lowest BCUT2D eigenvalue weighted by atomic mass is 10.2. The van der Waals surface area contributed by atoms with Crippen LogP contribution in [0.4, 0.5) is 5.82 Å². The van der Waals surface area contributed by atoms with Gasteiger partial charge in [-0.3, -0.25) is 0 Å². The van der Waals surface area contributed by atoms with Gasteiger partial charge in [0.05, 0.1) is 6.61 Å². The van der Waals surface area contributed by atoms with E-state index in [2.05, 4.69) is 41.2 Å². The molecule has 0 spiro atoms. The Labute approximate surface area is 122 Å². The third-order valence-electron chi connectivity index (χ3n) is 3.69. The Bertz CT molecular complexity index is 387. The van der Waals surface area contributed by atoms with E-state index in [9.17, 15) is 0 Å². The van der Waals surface area contributed by atoms with Crippen LogP contribution in [-0.2, 0) is 11.3 Å². The van der Waals surface area contributed by atoms with Gasteiger partial charge in [-0.05, 0) is 44.2 Å². The van der Waals surface area contributed by atoms with Gasteiger partial charge in [0, 0.05) is 39.0 Å². The van der Waals surface area contributed by atoms with Crippen LogP contribution in [0.25, 0.3) is 0 Å². The van der Waals surface area contributed by atoms with Crippen LogP contribution in [0.1, 0.15) is 32.3 Å². The van der Waals surface area contributed by atoms with Gasteiger partial charge in [0.1, 0.15) is 5.82 Å². The molecule has 1 aliphatic carbocycles. The van der Waals surface area contributed by atoms with Gasteiger partial charge in [-0.2, -0.15) is 0 Å². The molecule has 1 aromatic rings. The Hall–Kier alpha value is -1.13. The van der Waals surface area contributed by atoms with Crippen molar-refractivity contribution < 1.29 is 4.74 Å². The SMILES string of the molecule is COCCNCc1ccc(N(CC2CC2)C(C)C)nc1. The number of hydrogen-bond donors (Lipinski definition) is 1. The summed E-state index contributed by atoms with van der Waals surface area (Å²) >= 11 is 0. The zero-order chi connectivity index (χ0) is 14.4. The first kappa shape index (κ1) is 15.3. The number of methoxy groups -OCH3 is 1. The highest BCUT2D eigenvalue weighted by Gasteiger charge is 2.26. The molecule has 1 heterocycles. The molecule has 112 valence electrons. The quantitative estimate of drug-likeness (QED) is 0.704. The first-order valence-electron chi connectivity index (χ1n) is 7.62. The summed E-state index contributed by atoms with van der Waals surface area (Å²) in [6, 6.07) is 4.83. The molecule has 1 saturated carbocycles. The molecule has 1 fully saturated rings. The van der Waals surface area contributed by atoms with Crippen LogP contribution in [0.15, 0.2) is 18.3 Å². The molecule has 0 radical (unpaired) electrons. The van der Waals surface area contributed by atoms with Crippen molar-refractivity contribution in [1.29, 1.82) is 0 Å². The van der Waals surface area contributed by atoms with Crippen molar-refractivity contribution in [2.24, 2.45) is 5.92 Å².